The van der Waals surface area contributed by atoms with Crippen molar-refractivity contribution in [3.8, 4) is 21.7 Å². The first-order valence-electron chi connectivity index (χ1n) is 8.70. The SMILES string of the molecule is O=C(Nc1nc2c(s1)-c1cccc3cccc-2c13)c1c[nH]c2ccccc12. The van der Waals surface area contributed by atoms with Crippen molar-refractivity contribution in [2.45, 2.75) is 0 Å². The highest BCUT2D eigenvalue weighted by atomic mass is 32.1. The minimum absolute atomic E-state index is 0.147. The molecule has 0 saturated heterocycles. The van der Waals surface area contributed by atoms with Gasteiger partial charge in [-0.2, -0.15) is 0 Å². The zero-order valence-electron chi connectivity index (χ0n) is 14.1. The Kier molecular flexibility index (Phi) is 2.88. The predicted octanol–water partition coefficient (Wildman–Crippen LogP) is 5.68. The summed E-state index contributed by atoms with van der Waals surface area (Å²) in [5, 5.41) is 6.99. The van der Waals surface area contributed by atoms with Crippen molar-refractivity contribution >= 4 is 44.1 Å². The molecule has 0 unspecified atom stereocenters. The van der Waals surface area contributed by atoms with Crippen LogP contribution in [0.1, 0.15) is 10.4 Å². The minimum atomic E-state index is -0.147. The number of rotatable bonds is 2. The summed E-state index contributed by atoms with van der Waals surface area (Å²) in [5.74, 6) is -0.147. The van der Waals surface area contributed by atoms with E-state index in [9.17, 15) is 4.79 Å². The van der Waals surface area contributed by atoms with Gasteiger partial charge < -0.3 is 4.98 Å². The van der Waals surface area contributed by atoms with Crippen LogP contribution in [0.5, 0.6) is 0 Å². The second kappa shape index (κ2) is 5.28. The number of anilines is 1. The fraction of sp³-hybridized carbons (Fsp3) is 0. The molecule has 0 bridgehead atoms. The van der Waals surface area contributed by atoms with Crippen LogP contribution < -0.4 is 5.32 Å². The smallest absolute Gasteiger partial charge is 0.259 e. The number of hydrogen-bond acceptors (Lipinski definition) is 3. The molecule has 4 nitrogen and oxygen atoms in total. The molecule has 0 aliphatic heterocycles. The van der Waals surface area contributed by atoms with Crippen LogP contribution in [0.15, 0.2) is 66.9 Å². The van der Waals surface area contributed by atoms with E-state index in [1.54, 1.807) is 6.20 Å². The first-order valence-corrected chi connectivity index (χ1v) is 9.52. The summed E-state index contributed by atoms with van der Waals surface area (Å²) in [7, 11) is 0. The monoisotopic (exact) mass is 367 g/mol. The van der Waals surface area contributed by atoms with Crippen molar-refractivity contribution in [2.24, 2.45) is 0 Å². The Balaban J connectivity index is 1.41. The molecule has 3 aromatic carbocycles. The lowest BCUT2D eigenvalue weighted by atomic mass is 10.0. The van der Waals surface area contributed by atoms with Gasteiger partial charge in [0.1, 0.15) is 0 Å². The minimum Gasteiger partial charge on any atom is -0.360 e. The zero-order valence-corrected chi connectivity index (χ0v) is 14.9. The number of carbonyl (C=O) groups excluding carboxylic acids is 1. The van der Waals surface area contributed by atoms with Gasteiger partial charge in [-0.05, 0) is 16.8 Å². The van der Waals surface area contributed by atoms with E-state index in [4.69, 9.17) is 4.98 Å². The van der Waals surface area contributed by atoms with Crippen molar-refractivity contribution in [1.29, 1.82) is 0 Å². The number of aromatic amines is 1. The highest BCUT2D eigenvalue weighted by Crippen LogP contribution is 2.50. The van der Waals surface area contributed by atoms with Gasteiger partial charge in [-0.25, -0.2) is 4.98 Å². The second-order valence-corrected chi connectivity index (χ2v) is 7.61. The molecule has 1 amide bonds. The van der Waals surface area contributed by atoms with Gasteiger partial charge in [0.05, 0.1) is 16.1 Å². The van der Waals surface area contributed by atoms with Crippen molar-refractivity contribution in [3.05, 3.63) is 72.4 Å². The molecule has 27 heavy (non-hydrogen) atoms. The van der Waals surface area contributed by atoms with E-state index in [-0.39, 0.29) is 5.91 Å². The number of H-pyrrole nitrogens is 1. The number of nitrogens with one attached hydrogen (secondary N) is 2. The van der Waals surface area contributed by atoms with E-state index in [0.717, 1.165) is 27.0 Å². The molecule has 0 atom stereocenters. The molecule has 6 rings (SSSR count). The quantitative estimate of drug-likeness (QED) is 0.414. The van der Waals surface area contributed by atoms with E-state index >= 15 is 0 Å². The number of para-hydroxylation sites is 1. The van der Waals surface area contributed by atoms with Crippen LogP contribution in [0.4, 0.5) is 5.13 Å². The second-order valence-electron chi connectivity index (χ2n) is 6.61. The fourth-order valence-corrected chi connectivity index (χ4v) is 4.90. The average Bonchev–Trinajstić information content (AvgIpc) is 3.37. The van der Waals surface area contributed by atoms with Crippen molar-refractivity contribution in [1.82, 2.24) is 9.97 Å². The van der Waals surface area contributed by atoms with Crippen LogP contribution in [-0.4, -0.2) is 15.9 Å². The first kappa shape index (κ1) is 14.7. The number of amides is 1. The third kappa shape index (κ3) is 2.03. The molecule has 2 aromatic heterocycles. The lowest BCUT2D eigenvalue weighted by Gasteiger charge is -2.03. The summed E-state index contributed by atoms with van der Waals surface area (Å²) in [6.07, 6.45) is 1.75. The summed E-state index contributed by atoms with van der Waals surface area (Å²) in [4.78, 5) is 21.8. The number of fused-ring (bicyclic) bond motifs is 4. The third-order valence-corrected chi connectivity index (χ3v) is 6.09. The molecule has 0 saturated carbocycles. The molecule has 0 radical (unpaired) electrons. The van der Waals surface area contributed by atoms with Crippen LogP contribution in [0.2, 0.25) is 0 Å². The molecule has 1 aliphatic rings. The third-order valence-electron chi connectivity index (χ3n) is 5.09. The Morgan fingerprint density at radius 1 is 0.963 bits per heavy atom. The summed E-state index contributed by atoms with van der Waals surface area (Å²) >= 11 is 1.53. The predicted molar refractivity (Wildman–Crippen MR) is 110 cm³/mol. The van der Waals surface area contributed by atoms with Crippen molar-refractivity contribution in [2.75, 3.05) is 5.32 Å². The Morgan fingerprint density at radius 3 is 2.67 bits per heavy atom. The molecule has 5 heteroatoms. The van der Waals surface area contributed by atoms with Crippen LogP contribution in [0.3, 0.4) is 0 Å². The average molecular weight is 367 g/mol. The highest BCUT2D eigenvalue weighted by Gasteiger charge is 2.26. The maximum absolute atomic E-state index is 12.8. The van der Waals surface area contributed by atoms with E-state index in [0.29, 0.717) is 10.7 Å². The van der Waals surface area contributed by atoms with Gasteiger partial charge in [0.25, 0.3) is 5.91 Å². The van der Waals surface area contributed by atoms with Gasteiger partial charge >= 0.3 is 0 Å². The molecule has 128 valence electrons. The van der Waals surface area contributed by atoms with Crippen LogP contribution in [0.25, 0.3) is 43.4 Å². The van der Waals surface area contributed by atoms with Crippen LogP contribution in [-0.2, 0) is 0 Å². The van der Waals surface area contributed by atoms with Crippen molar-refractivity contribution < 1.29 is 4.79 Å². The standard InChI is InChI=1S/C22H13N3OS/c26-21(16-11-23-17-10-2-1-7-13(16)17)25-22-24-19-14-8-3-5-12-6-4-9-15(18(12)14)20(19)27-22/h1-11,23H,(H,24,25,26). The van der Waals surface area contributed by atoms with E-state index < -0.39 is 0 Å². The number of benzene rings is 3. The Morgan fingerprint density at radius 2 is 1.78 bits per heavy atom. The van der Waals surface area contributed by atoms with Crippen molar-refractivity contribution in [3.63, 3.8) is 0 Å². The lowest BCUT2D eigenvalue weighted by molar-refractivity contribution is 0.102. The van der Waals surface area contributed by atoms with Gasteiger partial charge in [-0.1, -0.05) is 65.9 Å². The Labute approximate surface area is 158 Å². The highest BCUT2D eigenvalue weighted by molar-refractivity contribution is 7.20. The van der Waals surface area contributed by atoms with Gasteiger partial charge in [0, 0.05) is 28.2 Å². The normalized spacial score (nSPS) is 11.9. The van der Waals surface area contributed by atoms with Gasteiger partial charge in [-0.3, -0.25) is 10.1 Å². The molecule has 5 aromatic rings. The number of hydrogen-bond donors (Lipinski definition) is 2. The molecular formula is C22H13N3OS. The number of nitrogens with zero attached hydrogens (tertiary/aromatic N) is 1. The van der Waals surface area contributed by atoms with Crippen LogP contribution in [0, 0.1) is 0 Å². The molecule has 2 heterocycles. The number of thiazole rings is 1. The summed E-state index contributed by atoms with van der Waals surface area (Å²) in [5.41, 5.74) is 4.87. The molecule has 1 aliphatic carbocycles. The summed E-state index contributed by atoms with van der Waals surface area (Å²) in [6, 6.07) is 20.4. The maximum Gasteiger partial charge on any atom is 0.259 e. The van der Waals surface area contributed by atoms with E-state index in [1.807, 2.05) is 24.3 Å². The zero-order chi connectivity index (χ0) is 18.0. The number of carbonyl (C=O) groups is 1. The van der Waals surface area contributed by atoms with E-state index in [1.165, 1.54) is 27.7 Å². The maximum atomic E-state index is 12.8. The first-order chi connectivity index (χ1) is 13.3. The Bertz CT molecular complexity index is 1320. The molecule has 2 N–H and O–H groups in total. The topological polar surface area (TPSA) is 57.8 Å². The largest absolute Gasteiger partial charge is 0.360 e. The molecular weight excluding hydrogens is 354 g/mol. The van der Waals surface area contributed by atoms with Crippen LogP contribution >= 0.6 is 11.3 Å². The Hall–Kier alpha value is -3.44. The van der Waals surface area contributed by atoms with Gasteiger partial charge in [-0.15, -0.1) is 0 Å². The number of aromatic nitrogens is 2. The molecule has 0 spiro atoms. The fourth-order valence-electron chi connectivity index (χ4n) is 3.89. The van der Waals surface area contributed by atoms with Gasteiger partial charge in [0.15, 0.2) is 5.13 Å². The summed E-state index contributed by atoms with van der Waals surface area (Å²) < 4.78 is 0. The lowest BCUT2D eigenvalue weighted by Crippen LogP contribution is -2.11. The van der Waals surface area contributed by atoms with E-state index in [2.05, 4.69) is 46.7 Å². The summed E-state index contributed by atoms with van der Waals surface area (Å²) in [6.45, 7) is 0. The molecule has 0 fully saturated rings. The van der Waals surface area contributed by atoms with Gasteiger partial charge in [0.2, 0.25) is 0 Å².